The van der Waals surface area contributed by atoms with E-state index in [2.05, 4.69) is 15.4 Å². The molecule has 0 saturated heterocycles. The summed E-state index contributed by atoms with van der Waals surface area (Å²) in [5.74, 6) is 6.44. The molecule has 2 aromatic rings. The number of hydrazine groups is 1. The largest absolute Gasteiger partial charge is 0.439 e. The zero-order chi connectivity index (χ0) is 14.8. The molecule has 0 fully saturated rings. The van der Waals surface area contributed by atoms with Gasteiger partial charge in [-0.2, -0.15) is 0 Å². The Morgan fingerprint density at radius 1 is 1.30 bits per heavy atom. The third-order valence-electron chi connectivity index (χ3n) is 2.62. The van der Waals surface area contributed by atoms with E-state index >= 15 is 0 Å². The van der Waals surface area contributed by atoms with Gasteiger partial charge in [0, 0.05) is 6.26 Å². The highest BCUT2D eigenvalue weighted by atomic mass is 32.2. The number of nitrogen functional groups attached to an aromatic ring is 1. The normalized spacial score (nSPS) is 11.2. The summed E-state index contributed by atoms with van der Waals surface area (Å²) in [6.45, 7) is 1.74. The van der Waals surface area contributed by atoms with Crippen LogP contribution in [0.15, 0.2) is 35.5 Å². The van der Waals surface area contributed by atoms with Gasteiger partial charge in [-0.25, -0.2) is 24.2 Å². The van der Waals surface area contributed by atoms with Gasteiger partial charge in [-0.05, 0) is 25.1 Å². The topological polar surface area (TPSA) is 107 Å². The third kappa shape index (κ3) is 3.03. The molecule has 0 bridgehead atoms. The van der Waals surface area contributed by atoms with Crippen LogP contribution >= 0.6 is 0 Å². The van der Waals surface area contributed by atoms with Crippen LogP contribution in [-0.2, 0) is 9.84 Å². The first-order valence-corrected chi connectivity index (χ1v) is 7.57. The second kappa shape index (κ2) is 5.43. The van der Waals surface area contributed by atoms with Crippen LogP contribution in [0, 0.1) is 6.92 Å². The molecule has 106 valence electrons. The predicted molar refractivity (Wildman–Crippen MR) is 74.2 cm³/mol. The third-order valence-corrected chi connectivity index (χ3v) is 3.73. The first kappa shape index (κ1) is 14.2. The Labute approximate surface area is 116 Å². The molecule has 3 N–H and O–H groups in total. The maximum atomic E-state index is 11.5. The molecule has 8 heteroatoms. The van der Waals surface area contributed by atoms with Crippen molar-refractivity contribution in [3.8, 4) is 11.6 Å². The van der Waals surface area contributed by atoms with E-state index in [1.54, 1.807) is 19.1 Å². The number of nitrogens with zero attached hydrogens (tertiary/aromatic N) is 2. The summed E-state index contributed by atoms with van der Waals surface area (Å²) in [6.07, 6.45) is 2.44. The van der Waals surface area contributed by atoms with E-state index in [0.717, 1.165) is 6.26 Å². The van der Waals surface area contributed by atoms with Gasteiger partial charge in [0.1, 0.15) is 17.9 Å². The minimum atomic E-state index is -3.29. The van der Waals surface area contributed by atoms with Gasteiger partial charge >= 0.3 is 0 Å². The van der Waals surface area contributed by atoms with Crippen molar-refractivity contribution in [3.63, 3.8) is 0 Å². The molecule has 0 atom stereocenters. The van der Waals surface area contributed by atoms with Crippen LogP contribution in [-0.4, -0.2) is 24.6 Å². The van der Waals surface area contributed by atoms with Gasteiger partial charge in [-0.1, -0.05) is 6.07 Å². The number of benzene rings is 1. The summed E-state index contributed by atoms with van der Waals surface area (Å²) in [7, 11) is -3.29. The maximum absolute atomic E-state index is 11.5. The first-order valence-electron chi connectivity index (χ1n) is 5.68. The second-order valence-corrected chi connectivity index (χ2v) is 6.16. The molecule has 0 unspecified atom stereocenters. The monoisotopic (exact) mass is 294 g/mol. The zero-order valence-electron chi connectivity index (χ0n) is 11.0. The Kier molecular flexibility index (Phi) is 3.86. The summed E-state index contributed by atoms with van der Waals surface area (Å²) >= 11 is 0. The number of ether oxygens (including phenoxy) is 1. The summed E-state index contributed by atoms with van der Waals surface area (Å²) in [4.78, 5) is 8.11. The van der Waals surface area contributed by atoms with Crippen molar-refractivity contribution in [2.45, 2.75) is 11.8 Å². The van der Waals surface area contributed by atoms with E-state index in [1.165, 1.54) is 18.5 Å². The van der Waals surface area contributed by atoms with Crippen molar-refractivity contribution in [2.24, 2.45) is 5.84 Å². The average Bonchev–Trinajstić information content (AvgIpc) is 2.40. The van der Waals surface area contributed by atoms with Gasteiger partial charge < -0.3 is 10.2 Å². The minimum absolute atomic E-state index is 0.180. The van der Waals surface area contributed by atoms with Gasteiger partial charge in [-0.15, -0.1) is 0 Å². The molecule has 0 aliphatic carbocycles. The molecule has 0 amide bonds. The summed E-state index contributed by atoms with van der Waals surface area (Å²) in [6, 6.07) is 6.18. The molecule has 7 nitrogen and oxygen atoms in total. The molecular weight excluding hydrogens is 280 g/mol. The molecule has 0 aliphatic heterocycles. The first-order chi connectivity index (χ1) is 9.41. The lowest BCUT2D eigenvalue weighted by atomic mass is 10.3. The van der Waals surface area contributed by atoms with Gasteiger partial charge in [0.15, 0.2) is 9.84 Å². The van der Waals surface area contributed by atoms with Crippen molar-refractivity contribution in [1.29, 1.82) is 0 Å². The van der Waals surface area contributed by atoms with Gasteiger partial charge in [0.25, 0.3) is 0 Å². The standard InChI is InChI=1S/C12H14N4O3S/c1-8-11(16-13)14-7-15-12(8)19-9-4-3-5-10(6-9)20(2,17)18/h3-7H,13H2,1-2H3,(H,14,15,16). The lowest BCUT2D eigenvalue weighted by Crippen LogP contribution is -2.11. The smallest absolute Gasteiger partial charge is 0.227 e. The van der Waals surface area contributed by atoms with E-state index in [0.29, 0.717) is 23.0 Å². The maximum Gasteiger partial charge on any atom is 0.227 e. The van der Waals surface area contributed by atoms with Crippen molar-refractivity contribution in [1.82, 2.24) is 9.97 Å². The van der Waals surface area contributed by atoms with E-state index in [4.69, 9.17) is 10.6 Å². The quantitative estimate of drug-likeness (QED) is 0.645. The number of anilines is 1. The van der Waals surface area contributed by atoms with Crippen LogP contribution < -0.4 is 16.0 Å². The van der Waals surface area contributed by atoms with E-state index in [9.17, 15) is 8.42 Å². The van der Waals surface area contributed by atoms with Crippen molar-refractivity contribution < 1.29 is 13.2 Å². The average molecular weight is 294 g/mol. The summed E-state index contributed by atoms with van der Waals surface area (Å²) in [5.41, 5.74) is 3.05. The summed E-state index contributed by atoms with van der Waals surface area (Å²) in [5, 5.41) is 0. The number of nitrogens with two attached hydrogens (primary N) is 1. The van der Waals surface area contributed by atoms with Crippen LogP contribution in [0.4, 0.5) is 5.82 Å². The highest BCUT2D eigenvalue weighted by molar-refractivity contribution is 7.90. The molecular formula is C12H14N4O3S. The molecule has 0 spiro atoms. The van der Waals surface area contributed by atoms with E-state index in [1.807, 2.05) is 0 Å². The lowest BCUT2D eigenvalue weighted by Gasteiger charge is -2.10. The number of rotatable bonds is 4. The lowest BCUT2D eigenvalue weighted by molar-refractivity contribution is 0.456. The van der Waals surface area contributed by atoms with Crippen LogP contribution in [0.1, 0.15) is 5.56 Å². The molecule has 0 saturated carbocycles. The fourth-order valence-corrected chi connectivity index (χ4v) is 2.22. The van der Waals surface area contributed by atoms with Crippen molar-refractivity contribution >= 4 is 15.7 Å². The number of sulfone groups is 1. The minimum Gasteiger partial charge on any atom is -0.439 e. The molecule has 2 rings (SSSR count). The molecule has 0 aliphatic rings. The fraction of sp³-hybridized carbons (Fsp3) is 0.167. The van der Waals surface area contributed by atoms with Gasteiger partial charge in [0.05, 0.1) is 10.5 Å². The SMILES string of the molecule is Cc1c(NN)ncnc1Oc1cccc(S(C)(=O)=O)c1. The Balaban J connectivity index is 2.36. The second-order valence-electron chi connectivity index (χ2n) is 4.15. The van der Waals surface area contributed by atoms with Crippen LogP contribution in [0.5, 0.6) is 11.6 Å². The Morgan fingerprint density at radius 2 is 2.05 bits per heavy atom. The Morgan fingerprint density at radius 3 is 2.70 bits per heavy atom. The number of hydrogen-bond acceptors (Lipinski definition) is 7. The van der Waals surface area contributed by atoms with E-state index < -0.39 is 9.84 Å². The predicted octanol–water partition coefficient (Wildman–Crippen LogP) is 1.27. The molecule has 0 radical (unpaired) electrons. The number of hydrogen-bond donors (Lipinski definition) is 2. The highest BCUT2D eigenvalue weighted by Gasteiger charge is 2.11. The van der Waals surface area contributed by atoms with E-state index in [-0.39, 0.29) is 4.90 Å². The van der Waals surface area contributed by atoms with Crippen molar-refractivity contribution in [3.05, 3.63) is 36.2 Å². The number of aromatic nitrogens is 2. The molecule has 1 heterocycles. The Hall–Kier alpha value is -2.19. The molecule has 1 aromatic heterocycles. The van der Waals surface area contributed by atoms with Gasteiger partial charge in [0.2, 0.25) is 5.88 Å². The van der Waals surface area contributed by atoms with Gasteiger partial charge in [-0.3, -0.25) is 0 Å². The Bertz CT molecular complexity index is 731. The van der Waals surface area contributed by atoms with Crippen LogP contribution in [0.3, 0.4) is 0 Å². The number of nitrogens with one attached hydrogen (secondary N) is 1. The highest BCUT2D eigenvalue weighted by Crippen LogP contribution is 2.27. The summed E-state index contributed by atoms with van der Waals surface area (Å²) < 4.78 is 28.6. The zero-order valence-corrected chi connectivity index (χ0v) is 11.8. The van der Waals surface area contributed by atoms with Crippen molar-refractivity contribution in [2.75, 3.05) is 11.7 Å². The fourth-order valence-electron chi connectivity index (χ4n) is 1.56. The molecule has 1 aromatic carbocycles. The molecule has 20 heavy (non-hydrogen) atoms. The van der Waals surface area contributed by atoms with Crippen LogP contribution in [0.2, 0.25) is 0 Å². The van der Waals surface area contributed by atoms with Crippen LogP contribution in [0.25, 0.3) is 0 Å².